The van der Waals surface area contributed by atoms with Crippen molar-refractivity contribution in [2.24, 2.45) is 0 Å². The van der Waals surface area contributed by atoms with Crippen molar-refractivity contribution < 1.29 is 31.5 Å². The number of nitrogens with one attached hydrogen (secondary N) is 3. The highest BCUT2D eigenvalue weighted by Gasteiger charge is 2.36. The Hall–Kier alpha value is -3.58. The molecule has 2 amide bonds. The molecule has 3 aromatic rings. The number of carbonyl (C=O) groups is 2. The zero-order valence-electron chi connectivity index (χ0n) is 24.5. The van der Waals surface area contributed by atoms with Crippen LogP contribution < -0.4 is 16.0 Å². The summed E-state index contributed by atoms with van der Waals surface area (Å²) in [6.07, 6.45) is 0.643. The summed E-state index contributed by atoms with van der Waals surface area (Å²) in [5.74, 6) is -2.77. The minimum atomic E-state index is -3.52. The van der Waals surface area contributed by atoms with Crippen LogP contribution in [-0.2, 0) is 26.0 Å². The molecule has 0 aliphatic carbocycles. The first-order valence-corrected chi connectivity index (χ1v) is 16.2. The third-order valence-electron chi connectivity index (χ3n) is 7.59. The average Bonchev–Trinajstić information content (AvgIpc) is 2.96. The molecule has 0 spiro atoms. The second kappa shape index (κ2) is 14.5. The molecule has 4 rings (SSSR count). The van der Waals surface area contributed by atoms with Gasteiger partial charge < -0.3 is 20.7 Å². The van der Waals surface area contributed by atoms with Gasteiger partial charge in [0, 0.05) is 47.4 Å². The third kappa shape index (κ3) is 8.12. The van der Waals surface area contributed by atoms with Gasteiger partial charge in [0.15, 0.2) is 0 Å². The highest BCUT2D eigenvalue weighted by Crippen LogP contribution is 2.32. The molecule has 0 bridgehead atoms. The SMILES string of the molecule is COC(=O)N[C@H](C(=O)Nc1cccc(F)c1CC[C@H]1CNC[C@H](C)N1S(C)(=O)=O)[C@H](c1cccc(F)c1)c1cccc(Cl)c1. The normalized spacial score (nSPS) is 18.7. The number of anilines is 1. The minimum Gasteiger partial charge on any atom is -0.453 e. The van der Waals surface area contributed by atoms with Crippen LogP contribution in [-0.4, -0.2) is 69.3 Å². The molecular formula is C31H35ClF2N4O5S. The van der Waals surface area contributed by atoms with Crippen LogP contribution in [0.25, 0.3) is 0 Å². The number of nitrogens with zero attached hydrogens (tertiary/aromatic N) is 1. The van der Waals surface area contributed by atoms with Crippen LogP contribution in [0.15, 0.2) is 66.7 Å². The Morgan fingerprint density at radius 2 is 1.75 bits per heavy atom. The monoisotopic (exact) mass is 648 g/mol. The van der Waals surface area contributed by atoms with Crippen molar-refractivity contribution in [2.75, 3.05) is 31.8 Å². The second-order valence-electron chi connectivity index (χ2n) is 10.7. The lowest BCUT2D eigenvalue weighted by molar-refractivity contribution is -0.118. The van der Waals surface area contributed by atoms with Crippen molar-refractivity contribution in [2.45, 2.75) is 43.8 Å². The molecule has 0 aromatic heterocycles. The van der Waals surface area contributed by atoms with Gasteiger partial charge in [-0.3, -0.25) is 4.79 Å². The Balaban J connectivity index is 1.68. The van der Waals surface area contributed by atoms with Gasteiger partial charge in [0.25, 0.3) is 0 Å². The van der Waals surface area contributed by atoms with Crippen LogP contribution >= 0.6 is 11.6 Å². The maximum Gasteiger partial charge on any atom is 0.407 e. The average molecular weight is 649 g/mol. The molecular weight excluding hydrogens is 614 g/mol. The van der Waals surface area contributed by atoms with Crippen molar-refractivity contribution in [1.29, 1.82) is 0 Å². The zero-order valence-corrected chi connectivity index (χ0v) is 26.1. The number of piperazine rings is 1. The Morgan fingerprint density at radius 3 is 2.41 bits per heavy atom. The van der Waals surface area contributed by atoms with E-state index in [0.29, 0.717) is 29.2 Å². The second-order valence-corrected chi connectivity index (χ2v) is 13.1. The van der Waals surface area contributed by atoms with Gasteiger partial charge in [-0.2, -0.15) is 4.31 Å². The van der Waals surface area contributed by atoms with E-state index in [1.165, 1.54) is 40.7 Å². The molecule has 1 aliphatic rings. The minimum absolute atomic E-state index is 0.115. The fourth-order valence-corrected chi connectivity index (χ4v) is 7.39. The van der Waals surface area contributed by atoms with Gasteiger partial charge in [0.1, 0.15) is 17.7 Å². The summed E-state index contributed by atoms with van der Waals surface area (Å²) in [6, 6.07) is 14.4. The number of hydrogen-bond acceptors (Lipinski definition) is 6. The lowest BCUT2D eigenvalue weighted by atomic mass is 9.84. The number of halogens is 3. The van der Waals surface area contributed by atoms with Gasteiger partial charge in [-0.05, 0) is 67.3 Å². The first kappa shape index (κ1) is 33.3. The highest BCUT2D eigenvalue weighted by atomic mass is 35.5. The van der Waals surface area contributed by atoms with Crippen LogP contribution in [0.3, 0.4) is 0 Å². The largest absolute Gasteiger partial charge is 0.453 e. The van der Waals surface area contributed by atoms with E-state index in [1.54, 1.807) is 37.3 Å². The molecule has 0 radical (unpaired) electrons. The van der Waals surface area contributed by atoms with E-state index in [0.717, 1.165) is 13.4 Å². The van der Waals surface area contributed by atoms with E-state index in [2.05, 4.69) is 16.0 Å². The number of alkyl carbamates (subject to hydrolysis) is 1. The molecule has 44 heavy (non-hydrogen) atoms. The number of carbonyl (C=O) groups excluding carboxylic acids is 2. The molecule has 9 nitrogen and oxygen atoms in total. The van der Waals surface area contributed by atoms with Crippen molar-refractivity contribution >= 4 is 39.3 Å². The van der Waals surface area contributed by atoms with E-state index >= 15 is 4.39 Å². The van der Waals surface area contributed by atoms with Gasteiger partial charge in [-0.15, -0.1) is 0 Å². The quantitative estimate of drug-likeness (QED) is 0.294. The Kier molecular flexibility index (Phi) is 11.0. The Bertz CT molecular complexity index is 1560. The predicted octanol–water partition coefficient (Wildman–Crippen LogP) is 4.67. The number of rotatable bonds is 10. The van der Waals surface area contributed by atoms with Crippen molar-refractivity contribution in [1.82, 2.24) is 14.9 Å². The van der Waals surface area contributed by atoms with Crippen LogP contribution in [0.4, 0.5) is 19.3 Å². The summed E-state index contributed by atoms with van der Waals surface area (Å²) < 4.78 is 60.9. The fourth-order valence-electron chi connectivity index (χ4n) is 5.74. The van der Waals surface area contributed by atoms with Gasteiger partial charge in [0.05, 0.1) is 13.4 Å². The highest BCUT2D eigenvalue weighted by molar-refractivity contribution is 7.88. The van der Waals surface area contributed by atoms with E-state index in [4.69, 9.17) is 16.3 Å². The molecule has 0 saturated carbocycles. The molecule has 0 unspecified atom stereocenters. The van der Waals surface area contributed by atoms with Crippen molar-refractivity contribution in [3.63, 3.8) is 0 Å². The summed E-state index contributed by atoms with van der Waals surface area (Å²) in [4.78, 5) is 26.5. The molecule has 236 valence electrons. The van der Waals surface area contributed by atoms with Gasteiger partial charge in [-0.25, -0.2) is 22.0 Å². The van der Waals surface area contributed by atoms with E-state index in [-0.39, 0.29) is 30.1 Å². The van der Waals surface area contributed by atoms with Crippen molar-refractivity contribution in [3.8, 4) is 0 Å². The molecule has 1 saturated heterocycles. The predicted molar refractivity (Wildman–Crippen MR) is 165 cm³/mol. The summed E-state index contributed by atoms with van der Waals surface area (Å²) in [6.45, 7) is 2.70. The smallest absolute Gasteiger partial charge is 0.407 e. The molecule has 4 atom stereocenters. The van der Waals surface area contributed by atoms with E-state index in [1.807, 2.05) is 0 Å². The Labute approximate surface area is 261 Å². The third-order valence-corrected chi connectivity index (χ3v) is 9.25. The van der Waals surface area contributed by atoms with Crippen molar-refractivity contribution in [3.05, 3.63) is 100 Å². The van der Waals surface area contributed by atoms with Gasteiger partial charge >= 0.3 is 6.09 Å². The lowest BCUT2D eigenvalue weighted by Crippen LogP contribution is -2.58. The first-order chi connectivity index (χ1) is 20.9. The number of sulfonamides is 1. The molecule has 1 fully saturated rings. The van der Waals surface area contributed by atoms with Gasteiger partial charge in [-0.1, -0.05) is 41.9 Å². The molecule has 3 aromatic carbocycles. The zero-order chi connectivity index (χ0) is 32.0. The summed E-state index contributed by atoms with van der Waals surface area (Å²) >= 11 is 6.27. The maximum absolute atomic E-state index is 15.3. The van der Waals surface area contributed by atoms with Gasteiger partial charge in [0.2, 0.25) is 15.9 Å². The first-order valence-electron chi connectivity index (χ1n) is 14.0. The lowest BCUT2D eigenvalue weighted by Gasteiger charge is -2.39. The van der Waals surface area contributed by atoms with E-state index < -0.39 is 51.7 Å². The number of benzene rings is 3. The molecule has 3 N–H and O–H groups in total. The summed E-state index contributed by atoms with van der Waals surface area (Å²) in [5, 5.41) is 8.88. The number of amides is 2. The Morgan fingerprint density at radius 1 is 1.07 bits per heavy atom. The number of hydrogen-bond donors (Lipinski definition) is 3. The fraction of sp³-hybridized carbons (Fsp3) is 0.355. The molecule has 1 heterocycles. The van der Waals surface area contributed by atoms with Crippen LogP contribution in [0.1, 0.15) is 36.0 Å². The standard InChI is InChI=1S/C31H35ClF2N4O5S/c1-19-17-35-18-24(38(19)44(3,41)42)13-14-25-26(34)11-6-12-27(25)36-30(39)29(37-31(40)43-2)28(20-7-4-9-22(32)15-20)21-8-5-10-23(33)16-21/h4-12,15-16,19,24,28-29,35H,13-14,17-18H2,1-3H3,(H,36,39)(H,37,40)/t19-,24-,28-,29-/m0/s1. The number of methoxy groups -OCH3 is 1. The topological polar surface area (TPSA) is 117 Å². The number of ether oxygens (including phenoxy) is 1. The van der Waals surface area contributed by atoms with Crippen LogP contribution in [0, 0.1) is 11.6 Å². The summed E-state index contributed by atoms with van der Waals surface area (Å²) in [7, 11) is -2.37. The van der Waals surface area contributed by atoms with Crippen LogP contribution in [0.5, 0.6) is 0 Å². The van der Waals surface area contributed by atoms with Crippen LogP contribution in [0.2, 0.25) is 5.02 Å². The van der Waals surface area contributed by atoms with E-state index in [9.17, 15) is 22.4 Å². The molecule has 13 heteroatoms. The summed E-state index contributed by atoms with van der Waals surface area (Å²) in [5.41, 5.74) is 1.22. The maximum atomic E-state index is 15.3. The molecule has 1 aliphatic heterocycles.